The van der Waals surface area contributed by atoms with Crippen molar-refractivity contribution in [2.75, 3.05) is 46.5 Å². The lowest BCUT2D eigenvalue weighted by molar-refractivity contribution is -0.122. The Labute approximate surface area is 96.8 Å². The van der Waals surface area contributed by atoms with Gasteiger partial charge in [0.25, 0.3) is 0 Å². The minimum Gasteiger partial charge on any atom is -0.395 e. The van der Waals surface area contributed by atoms with E-state index in [1.807, 2.05) is 11.9 Å². The summed E-state index contributed by atoms with van der Waals surface area (Å²) in [6.45, 7) is 2.97. The van der Waals surface area contributed by atoms with Gasteiger partial charge in [0.15, 0.2) is 0 Å². The second kappa shape index (κ2) is 7.60. The molecule has 1 aliphatic rings. The second-order valence-electron chi connectivity index (χ2n) is 4.33. The maximum absolute atomic E-state index is 11.3. The third-order valence-corrected chi connectivity index (χ3v) is 2.52. The largest absolute Gasteiger partial charge is 0.395 e. The van der Waals surface area contributed by atoms with E-state index in [-0.39, 0.29) is 12.5 Å². The summed E-state index contributed by atoms with van der Waals surface area (Å²) in [5.74, 6) is 0.733. The van der Waals surface area contributed by atoms with Crippen LogP contribution >= 0.6 is 0 Å². The van der Waals surface area contributed by atoms with Crippen LogP contribution in [0.4, 0.5) is 0 Å². The Hall–Kier alpha value is -0.650. The lowest BCUT2D eigenvalue weighted by Gasteiger charge is -2.15. The predicted octanol–water partition coefficient (Wildman–Crippen LogP) is -0.547. The van der Waals surface area contributed by atoms with Crippen LogP contribution in [0.5, 0.6) is 0 Å². The van der Waals surface area contributed by atoms with Crippen molar-refractivity contribution in [3.05, 3.63) is 0 Å². The van der Waals surface area contributed by atoms with Gasteiger partial charge < -0.3 is 15.2 Å². The number of aliphatic hydroxyl groups is 1. The summed E-state index contributed by atoms with van der Waals surface area (Å²) >= 11 is 0. The van der Waals surface area contributed by atoms with Gasteiger partial charge in [0, 0.05) is 19.7 Å². The Kier molecular flexibility index (Phi) is 6.37. The first-order chi connectivity index (χ1) is 7.72. The van der Waals surface area contributed by atoms with Gasteiger partial charge in [0.2, 0.25) is 5.91 Å². The molecule has 0 saturated heterocycles. The third-order valence-electron chi connectivity index (χ3n) is 2.52. The highest BCUT2D eigenvalue weighted by Gasteiger charge is 2.20. The molecule has 0 aromatic rings. The first-order valence-corrected chi connectivity index (χ1v) is 5.86. The Morgan fingerprint density at radius 3 is 2.94 bits per heavy atom. The first kappa shape index (κ1) is 13.4. The Balaban J connectivity index is 1.91. The summed E-state index contributed by atoms with van der Waals surface area (Å²) < 4.78 is 5.48. The second-order valence-corrected chi connectivity index (χ2v) is 4.33. The van der Waals surface area contributed by atoms with Crippen LogP contribution in [-0.2, 0) is 9.53 Å². The summed E-state index contributed by atoms with van der Waals surface area (Å²) in [7, 11) is 1.89. The molecule has 94 valence electrons. The number of carbonyl (C=O) groups is 1. The standard InChI is InChI=1S/C11H22N2O3/c1-13(8-11(15)12-4-6-14)5-7-16-9-10-2-3-10/h10,14H,2-9H2,1H3,(H,12,15). The molecule has 5 nitrogen and oxygen atoms in total. The molecule has 0 radical (unpaired) electrons. The highest BCUT2D eigenvalue weighted by atomic mass is 16.5. The molecule has 0 bridgehead atoms. The summed E-state index contributed by atoms with van der Waals surface area (Å²) in [5, 5.41) is 11.1. The van der Waals surface area contributed by atoms with E-state index in [0.717, 1.165) is 19.1 Å². The number of rotatable bonds is 9. The van der Waals surface area contributed by atoms with Crippen molar-refractivity contribution in [1.29, 1.82) is 0 Å². The molecule has 16 heavy (non-hydrogen) atoms. The number of hydrogen-bond acceptors (Lipinski definition) is 4. The van der Waals surface area contributed by atoms with Crippen molar-refractivity contribution in [1.82, 2.24) is 10.2 Å². The summed E-state index contributed by atoms with van der Waals surface area (Å²) in [4.78, 5) is 13.2. The Bertz CT molecular complexity index is 207. The maximum Gasteiger partial charge on any atom is 0.234 e. The van der Waals surface area contributed by atoms with Crippen molar-refractivity contribution in [2.24, 2.45) is 5.92 Å². The van der Waals surface area contributed by atoms with Gasteiger partial charge >= 0.3 is 0 Å². The molecule has 0 heterocycles. The third kappa shape index (κ3) is 6.76. The molecule has 0 aromatic carbocycles. The van der Waals surface area contributed by atoms with Crippen molar-refractivity contribution in [2.45, 2.75) is 12.8 Å². The molecule has 0 atom stereocenters. The molecule has 0 unspecified atom stereocenters. The van der Waals surface area contributed by atoms with Crippen LogP contribution in [0.3, 0.4) is 0 Å². The predicted molar refractivity (Wildman–Crippen MR) is 61.1 cm³/mol. The van der Waals surface area contributed by atoms with E-state index < -0.39 is 0 Å². The molecule has 1 aliphatic carbocycles. The van der Waals surface area contributed by atoms with Crippen molar-refractivity contribution >= 4 is 5.91 Å². The molecular weight excluding hydrogens is 208 g/mol. The van der Waals surface area contributed by atoms with Crippen molar-refractivity contribution in [3.63, 3.8) is 0 Å². The van der Waals surface area contributed by atoms with E-state index in [9.17, 15) is 4.79 Å². The SMILES string of the molecule is CN(CCOCC1CC1)CC(=O)NCCO. The lowest BCUT2D eigenvalue weighted by atomic mass is 10.4. The zero-order valence-electron chi connectivity index (χ0n) is 9.95. The van der Waals surface area contributed by atoms with Crippen LogP contribution in [0.1, 0.15) is 12.8 Å². The van der Waals surface area contributed by atoms with E-state index in [1.165, 1.54) is 12.8 Å². The summed E-state index contributed by atoms with van der Waals surface area (Å²) in [6.07, 6.45) is 2.61. The minimum atomic E-state index is -0.0567. The number of amides is 1. The normalized spacial score (nSPS) is 15.4. The summed E-state index contributed by atoms with van der Waals surface area (Å²) in [5.41, 5.74) is 0. The number of nitrogens with zero attached hydrogens (tertiary/aromatic N) is 1. The van der Waals surface area contributed by atoms with Crippen LogP contribution in [0.15, 0.2) is 0 Å². The number of hydrogen-bond donors (Lipinski definition) is 2. The van der Waals surface area contributed by atoms with Gasteiger partial charge in [0.1, 0.15) is 0 Å². The molecule has 2 N–H and O–H groups in total. The van der Waals surface area contributed by atoms with E-state index in [0.29, 0.717) is 19.7 Å². The number of nitrogens with one attached hydrogen (secondary N) is 1. The number of ether oxygens (including phenoxy) is 1. The average molecular weight is 230 g/mol. The van der Waals surface area contributed by atoms with Crippen molar-refractivity contribution < 1.29 is 14.6 Å². The molecule has 0 aromatic heterocycles. The van der Waals surface area contributed by atoms with Crippen LogP contribution in [0, 0.1) is 5.92 Å². The van der Waals surface area contributed by atoms with E-state index >= 15 is 0 Å². The van der Waals surface area contributed by atoms with Crippen LogP contribution < -0.4 is 5.32 Å². The monoisotopic (exact) mass is 230 g/mol. The van der Waals surface area contributed by atoms with E-state index in [1.54, 1.807) is 0 Å². The zero-order valence-corrected chi connectivity index (χ0v) is 9.95. The van der Waals surface area contributed by atoms with Crippen molar-refractivity contribution in [3.8, 4) is 0 Å². The fourth-order valence-corrected chi connectivity index (χ4v) is 1.33. The van der Waals surface area contributed by atoms with Crippen LogP contribution in [0.25, 0.3) is 0 Å². The van der Waals surface area contributed by atoms with E-state index in [2.05, 4.69) is 5.32 Å². The van der Waals surface area contributed by atoms with Gasteiger partial charge in [-0.25, -0.2) is 0 Å². The van der Waals surface area contributed by atoms with Crippen LogP contribution in [0.2, 0.25) is 0 Å². The topological polar surface area (TPSA) is 61.8 Å². The molecule has 0 spiro atoms. The average Bonchev–Trinajstić information content (AvgIpc) is 3.05. The Morgan fingerprint density at radius 1 is 1.56 bits per heavy atom. The molecule has 1 saturated carbocycles. The fraction of sp³-hybridized carbons (Fsp3) is 0.909. The number of carbonyl (C=O) groups excluding carboxylic acids is 1. The van der Waals surface area contributed by atoms with Gasteiger partial charge in [-0.2, -0.15) is 0 Å². The molecule has 0 aliphatic heterocycles. The highest BCUT2D eigenvalue weighted by Crippen LogP contribution is 2.28. The molecule has 1 amide bonds. The number of aliphatic hydroxyl groups excluding tert-OH is 1. The highest BCUT2D eigenvalue weighted by molar-refractivity contribution is 5.77. The Morgan fingerprint density at radius 2 is 2.31 bits per heavy atom. The van der Waals surface area contributed by atoms with Gasteiger partial charge in [-0.1, -0.05) is 0 Å². The quantitative estimate of drug-likeness (QED) is 0.522. The van der Waals surface area contributed by atoms with Gasteiger partial charge in [-0.05, 0) is 25.8 Å². The molecule has 1 rings (SSSR count). The first-order valence-electron chi connectivity index (χ1n) is 5.86. The summed E-state index contributed by atoms with van der Waals surface area (Å²) in [6, 6.07) is 0. The van der Waals surface area contributed by atoms with Crippen LogP contribution in [-0.4, -0.2) is 62.4 Å². The minimum absolute atomic E-state index is 0.0139. The maximum atomic E-state index is 11.3. The van der Waals surface area contributed by atoms with E-state index in [4.69, 9.17) is 9.84 Å². The molecule has 5 heteroatoms. The zero-order chi connectivity index (χ0) is 11.8. The lowest BCUT2D eigenvalue weighted by Crippen LogP contribution is -2.37. The number of likely N-dealkylation sites (N-methyl/N-ethyl adjacent to an activating group) is 1. The van der Waals surface area contributed by atoms with Gasteiger partial charge in [-0.3, -0.25) is 9.69 Å². The smallest absolute Gasteiger partial charge is 0.234 e. The molecular formula is C11H22N2O3. The van der Waals surface area contributed by atoms with Gasteiger partial charge in [-0.15, -0.1) is 0 Å². The fourth-order valence-electron chi connectivity index (χ4n) is 1.33. The molecule has 1 fully saturated rings. The van der Waals surface area contributed by atoms with Gasteiger partial charge in [0.05, 0.1) is 19.8 Å².